The molecule has 0 bridgehead atoms. The number of hydrogen-bond acceptors (Lipinski definition) is 8. The summed E-state index contributed by atoms with van der Waals surface area (Å²) >= 11 is 0. The average Bonchev–Trinajstić information content (AvgIpc) is 2.80. The van der Waals surface area contributed by atoms with Crippen LogP contribution in [0.3, 0.4) is 0 Å². The molecule has 0 aromatic heterocycles. The lowest BCUT2D eigenvalue weighted by atomic mass is 10.1. The molecule has 0 radical (unpaired) electrons. The van der Waals surface area contributed by atoms with Crippen LogP contribution in [0.5, 0.6) is 0 Å². The Morgan fingerprint density at radius 1 is 0.694 bits per heavy atom. The first-order valence-corrected chi connectivity index (χ1v) is 13.2. The van der Waals surface area contributed by atoms with Crippen LogP contribution in [0, 0.1) is 5.92 Å². The Hall–Kier alpha value is -2.08. The normalized spacial score (nSPS) is 17.9. The second kappa shape index (κ2) is 18.2. The van der Waals surface area contributed by atoms with Gasteiger partial charge in [0.15, 0.2) is 0 Å². The van der Waals surface area contributed by atoms with E-state index in [1.807, 2.05) is 35.5 Å². The van der Waals surface area contributed by atoms with Crippen molar-refractivity contribution in [3.63, 3.8) is 0 Å². The lowest BCUT2D eigenvalue weighted by Crippen LogP contribution is -2.48. The number of ketones is 1. The van der Waals surface area contributed by atoms with Gasteiger partial charge in [-0.25, -0.2) is 0 Å². The van der Waals surface area contributed by atoms with E-state index in [-0.39, 0.29) is 37.2 Å². The standard InChI is InChI=1S/C25H47N5O6/c1-4-27-10-12-29(19-23(32)33)16-14-28(15-17-30(13-11-27)20-24(34)35)18-22(31)8-6-5-7-9-26-25(36)21(2)3/h21H,4-20H2,1-3H3,(H,26,36)(H,32,33)(H,34,35). The minimum atomic E-state index is -0.870. The zero-order chi connectivity index (χ0) is 26.9. The molecule has 1 amide bonds. The molecule has 1 saturated heterocycles. The van der Waals surface area contributed by atoms with E-state index in [1.165, 1.54) is 0 Å². The number of likely N-dealkylation sites (N-methyl/N-ethyl adjacent to an activating group) is 1. The van der Waals surface area contributed by atoms with Gasteiger partial charge < -0.3 is 20.4 Å². The molecule has 1 rings (SSSR count). The first kappa shape index (κ1) is 31.9. The number of carbonyl (C=O) groups excluding carboxylic acids is 2. The number of rotatable bonds is 14. The van der Waals surface area contributed by atoms with Crippen LogP contribution in [0.15, 0.2) is 0 Å². The summed E-state index contributed by atoms with van der Waals surface area (Å²) in [5, 5.41) is 21.5. The van der Waals surface area contributed by atoms with Gasteiger partial charge in [-0.2, -0.15) is 0 Å². The molecule has 0 spiro atoms. The first-order chi connectivity index (χ1) is 17.1. The summed E-state index contributed by atoms with van der Waals surface area (Å²) in [4.78, 5) is 55.0. The lowest BCUT2D eigenvalue weighted by molar-refractivity contribution is -0.139. The minimum Gasteiger partial charge on any atom is -0.480 e. The average molecular weight is 514 g/mol. The van der Waals surface area contributed by atoms with Gasteiger partial charge in [-0.3, -0.25) is 33.9 Å². The second-order valence-corrected chi connectivity index (χ2v) is 9.85. The molecular weight excluding hydrogens is 466 g/mol. The molecule has 3 N–H and O–H groups in total. The Labute approximate surface area is 215 Å². The van der Waals surface area contributed by atoms with Gasteiger partial charge in [0.05, 0.1) is 19.6 Å². The maximum atomic E-state index is 12.7. The van der Waals surface area contributed by atoms with Gasteiger partial charge >= 0.3 is 11.9 Å². The predicted octanol–water partition coefficient (Wildman–Crippen LogP) is 0.299. The topological polar surface area (TPSA) is 134 Å². The number of aliphatic carboxylic acids is 2. The van der Waals surface area contributed by atoms with Crippen molar-refractivity contribution < 1.29 is 29.4 Å². The summed E-state index contributed by atoms with van der Waals surface area (Å²) in [7, 11) is 0. The van der Waals surface area contributed by atoms with Crippen LogP contribution in [0.25, 0.3) is 0 Å². The molecule has 208 valence electrons. The number of Topliss-reactive ketones (excluding diaryl/α,β-unsaturated/α-hetero) is 1. The number of hydrogen-bond donors (Lipinski definition) is 3. The van der Waals surface area contributed by atoms with E-state index in [0.717, 1.165) is 25.8 Å². The van der Waals surface area contributed by atoms with Crippen LogP contribution in [-0.4, -0.2) is 139 Å². The van der Waals surface area contributed by atoms with Gasteiger partial charge in [0, 0.05) is 71.2 Å². The fourth-order valence-corrected chi connectivity index (χ4v) is 4.12. The van der Waals surface area contributed by atoms with Crippen LogP contribution >= 0.6 is 0 Å². The molecule has 1 aliphatic heterocycles. The summed E-state index contributed by atoms with van der Waals surface area (Å²) < 4.78 is 0. The molecule has 0 atom stereocenters. The van der Waals surface area contributed by atoms with Crippen molar-refractivity contribution in [2.75, 3.05) is 85.1 Å². The number of nitrogens with zero attached hydrogens (tertiary/aromatic N) is 4. The predicted molar refractivity (Wildman–Crippen MR) is 138 cm³/mol. The summed E-state index contributed by atoms with van der Waals surface area (Å²) in [6.07, 6.45) is 2.90. The maximum Gasteiger partial charge on any atom is 0.317 e. The highest BCUT2D eigenvalue weighted by Crippen LogP contribution is 2.05. The van der Waals surface area contributed by atoms with Gasteiger partial charge in [-0.05, 0) is 19.4 Å². The Kier molecular flexibility index (Phi) is 16.2. The number of amides is 1. The molecule has 0 aliphatic carbocycles. The minimum absolute atomic E-state index is 0.0324. The molecule has 0 aromatic rings. The fraction of sp³-hybridized carbons (Fsp3) is 0.840. The summed E-state index contributed by atoms with van der Waals surface area (Å²) in [5.41, 5.74) is 0. The van der Waals surface area contributed by atoms with Crippen LogP contribution in [-0.2, 0) is 19.2 Å². The van der Waals surface area contributed by atoms with Crippen molar-refractivity contribution in [1.82, 2.24) is 24.9 Å². The third-order valence-electron chi connectivity index (χ3n) is 6.45. The zero-order valence-corrected chi connectivity index (χ0v) is 22.4. The fourth-order valence-electron chi connectivity index (χ4n) is 4.12. The molecule has 1 fully saturated rings. The molecule has 0 aromatic carbocycles. The van der Waals surface area contributed by atoms with Gasteiger partial charge in [0.25, 0.3) is 0 Å². The van der Waals surface area contributed by atoms with Gasteiger partial charge in [-0.15, -0.1) is 0 Å². The van der Waals surface area contributed by atoms with Gasteiger partial charge in [0.2, 0.25) is 5.91 Å². The summed E-state index contributed by atoms with van der Waals surface area (Å²) in [6.45, 7) is 12.2. The quantitative estimate of drug-likeness (QED) is 0.278. The molecule has 11 nitrogen and oxygen atoms in total. The van der Waals surface area contributed by atoms with Crippen molar-refractivity contribution >= 4 is 23.6 Å². The van der Waals surface area contributed by atoms with Crippen molar-refractivity contribution in [3.05, 3.63) is 0 Å². The van der Waals surface area contributed by atoms with Gasteiger partial charge in [-0.1, -0.05) is 27.2 Å². The van der Waals surface area contributed by atoms with Crippen molar-refractivity contribution in [2.45, 2.75) is 46.5 Å². The third kappa shape index (κ3) is 15.1. The number of carboxylic acid groups (broad SMARTS) is 2. The van der Waals surface area contributed by atoms with Crippen molar-refractivity contribution in [2.24, 2.45) is 5.92 Å². The Morgan fingerprint density at radius 3 is 1.56 bits per heavy atom. The molecule has 36 heavy (non-hydrogen) atoms. The van der Waals surface area contributed by atoms with Gasteiger partial charge in [0.1, 0.15) is 5.78 Å². The smallest absolute Gasteiger partial charge is 0.317 e. The highest BCUT2D eigenvalue weighted by atomic mass is 16.4. The highest BCUT2D eigenvalue weighted by molar-refractivity contribution is 5.80. The van der Waals surface area contributed by atoms with Crippen LogP contribution in [0.4, 0.5) is 0 Å². The first-order valence-electron chi connectivity index (χ1n) is 13.2. The van der Waals surface area contributed by atoms with E-state index in [2.05, 4.69) is 10.2 Å². The number of nitrogens with one attached hydrogen (secondary N) is 1. The number of unbranched alkanes of at least 4 members (excludes halogenated alkanes) is 2. The molecule has 1 heterocycles. The van der Waals surface area contributed by atoms with Crippen LogP contribution in [0.1, 0.15) is 46.5 Å². The monoisotopic (exact) mass is 513 g/mol. The van der Waals surface area contributed by atoms with E-state index in [4.69, 9.17) is 0 Å². The number of carboxylic acids is 2. The summed E-state index contributed by atoms with van der Waals surface area (Å²) in [6, 6.07) is 0. The van der Waals surface area contributed by atoms with E-state index in [0.29, 0.717) is 65.3 Å². The Balaban J connectivity index is 2.64. The molecule has 0 unspecified atom stereocenters. The lowest BCUT2D eigenvalue weighted by Gasteiger charge is -2.33. The molecule has 0 saturated carbocycles. The summed E-state index contributed by atoms with van der Waals surface area (Å²) in [5.74, 6) is -1.61. The van der Waals surface area contributed by atoms with Crippen molar-refractivity contribution in [3.8, 4) is 0 Å². The second-order valence-electron chi connectivity index (χ2n) is 9.85. The third-order valence-corrected chi connectivity index (χ3v) is 6.45. The van der Waals surface area contributed by atoms with Crippen molar-refractivity contribution in [1.29, 1.82) is 0 Å². The maximum absolute atomic E-state index is 12.7. The largest absolute Gasteiger partial charge is 0.480 e. The molecule has 11 heteroatoms. The van der Waals surface area contributed by atoms with Crippen LogP contribution < -0.4 is 5.32 Å². The van der Waals surface area contributed by atoms with E-state index < -0.39 is 11.9 Å². The zero-order valence-electron chi connectivity index (χ0n) is 22.4. The number of carbonyl (C=O) groups is 4. The Morgan fingerprint density at radius 2 is 1.14 bits per heavy atom. The van der Waals surface area contributed by atoms with Crippen LogP contribution in [0.2, 0.25) is 0 Å². The van der Waals surface area contributed by atoms with E-state index in [9.17, 15) is 29.4 Å². The van der Waals surface area contributed by atoms with E-state index >= 15 is 0 Å². The molecular formula is C25H47N5O6. The SMILES string of the molecule is CCN1CCN(CC(=O)O)CCN(CC(=O)CCCCCNC(=O)C(C)C)CCN(CC(=O)O)CC1. The Bertz CT molecular complexity index is 658. The van der Waals surface area contributed by atoms with E-state index in [1.54, 1.807) is 0 Å². The highest BCUT2D eigenvalue weighted by Gasteiger charge is 2.19. The molecule has 1 aliphatic rings.